The zero-order chi connectivity index (χ0) is 23.9. The first-order chi connectivity index (χ1) is 17.9. The summed E-state index contributed by atoms with van der Waals surface area (Å²) in [7, 11) is 0. The molecule has 0 aliphatic heterocycles. The minimum atomic E-state index is 0.882. The molecular weight excluding hydrogens is 480 g/mol. The Balaban J connectivity index is 1.54. The van der Waals surface area contributed by atoms with Gasteiger partial charge in [-0.2, -0.15) is 0 Å². The van der Waals surface area contributed by atoms with E-state index in [9.17, 15) is 0 Å². The fraction of sp³-hybridized carbons (Fsp3) is 0. The summed E-state index contributed by atoms with van der Waals surface area (Å²) in [5.41, 5.74) is 11.9. The maximum atomic E-state index is 4.60. The van der Waals surface area contributed by atoms with Crippen molar-refractivity contribution in [2.45, 2.75) is 0 Å². The quantitative estimate of drug-likeness (QED) is 0.229. The summed E-state index contributed by atoms with van der Waals surface area (Å²) in [6, 6.07) is 25.8. The summed E-state index contributed by atoms with van der Waals surface area (Å²) in [5.74, 6) is 0. The number of pyridine rings is 2. The molecule has 0 unspecified atom stereocenters. The molecule has 0 radical (unpaired) electrons. The molecule has 4 nitrogen and oxygen atoms in total. The minimum absolute atomic E-state index is 0.882. The summed E-state index contributed by atoms with van der Waals surface area (Å²) in [6.45, 7) is 0. The van der Waals surface area contributed by atoms with Gasteiger partial charge in [-0.15, -0.1) is 22.7 Å². The Labute approximate surface area is 215 Å². The number of hydrogen-bond acceptors (Lipinski definition) is 6. The molecule has 170 valence electrons. The van der Waals surface area contributed by atoms with Gasteiger partial charge >= 0.3 is 0 Å². The Morgan fingerprint density at radius 1 is 0.444 bits per heavy atom. The summed E-state index contributed by atoms with van der Waals surface area (Å²) in [6.07, 6.45) is 3.76. The van der Waals surface area contributed by atoms with E-state index >= 15 is 0 Å². The van der Waals surface area contributed by atoms with E-state index in [2.05, 4.69) is 92.7 Å². The van der Waals surface area contributed by atoms with Gasteiger partial charge in [0.2, 0.25) is 0 Å². The van der Waals surface area contributed by atoms with Crippen LogP contribution in [0.15, 0.2) is 107 Å². The molecule has 0 N–H and O–H groups in total. The largest absolute Gasteiger partial charge is 0.255 e. The van der Waals surface area contributed by atoms with Gasteiger partial charge in [-0.1, -0.05) is 48.5 Å². The second-order valence-electron chi connectivity index (χ2n) is 8.45. The van der Waals surface area contributed by atoms with Crippen LogP contribution in [-0.4, -0.2) is 19.9 Å². The van der Waals surface area contributed by atoms with Crippen LogP contribution in [0.2, 0.25) is 0 Å². The number of nitrogens with zero attached hydrogens (tertiary/aromatic N) is 4. The number of aromatic nitrogens is 4. The molecule has 0 aliphatic carbocycles. The van der Waals surface area contributed by atoms with Gasteiger partial charge in [-0.05, 0) is 68.1 Å². The van der Waals surface area contributed by atoms with E-state index < -0.39 is 0 Å². The molecule has 0 saturated heterocycles. The third-order valence-corrected chi connectivity index (χ3v) is 7.59. The van der Waals surface area contributed by atoms with Crippen LogP contribution in [0.3, 0.4) is 0 Å². The van der Waals surface area contributed by atoms with Crippen molar-refractivity contribution in [1.82, 2.24) is 19.9 Å². The molecule has 4 heterocycles. The van der Waals surface area contributed by atoms with Gasteiger partial charge in [0.25, 0.3) is 0 Å². The first-order valence-corrected chi connectivity index (χ1v) is 13.4. The molecule has 0 amide bonds. The lowest BCUT2D eigenvalue weighted by molar-refractivity contribution is 1.28. The van der Waals surface area contributed by atoms with E-state index in [1.54, 1.807) is 22.7 Å². The SMILES string of the molecule is c1ccc2c(-c3ccnc(-c4cscn4)c3)c3ccccc3c(-c3ccnc(-c4cscn4)c3)c2c1. The number of hydrogen-bond donors (Lipinski definition) is 0. The normalized spacial score (nSPS) is 11.3. The third-order valence-electron chi connectivity index (χ3n) is 6.42. The molecule has 4 aromatic heterocycles. The number of fused-ring (bicyclic) bond motifs is 2. The van der Waals surface area contributed by atoms with Crippen LogP contribution < -0.4 is 0 Å². The highest BCUT2D eigenvalue weighted by Gasteiger charge is 2.18. The molecule has 6 heteroatoms. The van der Waals surface area contributed by atoms with Crippen LogP contribution in [0.4, 0.5) is 0 Å². The lowest BCUT2D eigenvalue weighted by atomic mass is 9.86. The van der Waals surface area contributed by atoms with Gasteiger partial charge in [0.15, 0.2) is 0 Å². The van der Waals surface area contributed by atoms with E-state index in [1.165, 1.54) is 32.7 Å². The second kappa shape index (κ2) is 8.75. The Morgan fingerprint density at radius 2 is 0.861 bits per heavy atom. The highest BCUT2D eigenvalue weighted by Crippen LogP contribution is 2.44. The fourth-order valence-corrected chi connectivity index (χ4v) is 5.97. The smallest absolute Gasteiger partial charge is 0.0995 e. The van der Waals surface area contributed by atoms with Crippen LogP contribution in [0.1, 0.15) is 0 Å². The van der Waals surface area contributed by atoms with Crippen molar-refractivity contribution in [1.29, 1.82) is 0 Å². The van der Waals surface area contributed by atoms with Crippen molar-refractivity contribution in [3.8, 4) is 45.0 Å². The van der Waals surface area contributed by atoms with Crippen molar-refractivity contribution < 1.29 is 0 Å². The van der Waals surface area contributed by atoms with E-state index in [0.717, 1.165) is 33.9 Å². The average Bonchev–Trinajstić information content (AvgIpc) is 3.67. The highest BCUT2D eigenvalue weighted by atomic mass is 32.1. The van der Waals surface area contributed by atoms with Gasteiger partial charge in [-0.3, -0.25) is 9.97 Å². The van der Waals surface area contributed by atoms with Crippen LogP contribution >= 0.6 is 22.7 Å². The third kappa shape index (κ3) is 3.50. The zero-order valence-electron chi connectivity index (χ0n) is 19.0. The van der Waals surface area contributed by atoms with Gasteiger partial charge in [0.1, 0.15) is 0 Å². The molecule has 0 atom stereocenters. The van der Waals surface area contributed by atoms with E-state index in [-0.39, 0.29) is 0 Å². The average molecular weight is 499 g/mol. The monoisotopic (exact) mass is 498 g/mol. The molecule has 7 aromatic rings. The summed E-state index contributed by atoms with van der Waals surface area (Å²) < 4.78 is 0. The van der Waals surface area contributed by atoms with E-state index in [0.29, 0.717) is 0 Å². The Hall–Kier alpha value is -4.26. The molecule has 7 rings (SSSR count). The lowest BCUT2D eigenvalue weighted by Gasteiger charge is -2.18. The highest BCUT2D eigenvalue weighted by molar-refractivity contribution is 7.08. The second-order valence-corrected chi connectivity index (χ2v) is 9.89. The Bertz CT molecular complexity index is 1650. The standard InChI is InChI=1S/C30H18N4S2/c1-2-6-22-21(5-1)29(19-9-11-31-25(13-19)27-15-35-17-33-27)23-7-3-4-8-24(23)30(22)20-10-12-32-26(14-20)28-16-36-18-34-28/h1-18H. The van der Waals surface area contributed by atoms with Crippen molar-refractivity contribution in [3.05, 3.63) is 107 Å². The maximum absolute atomic E-state index is 4.60. The lowest BCUT2D eigenvalue weighted by Crippen LogP contribution is -1.93. The first-order valence-electron chi connectivity index (χ1n) is 11.5. The van der Waals surface area contributed by atoms with E-state index in [1.807, 2.05) is 34.2 Å². The first kappa shape index (κ1) is 21.1. The molecule has 0 spiro atoms. The van der Waals surface area contributed by atoms with Gasteiger partial charge in [0.05, 0.1) is 33.8 Å². The van der Waals surface area contributed by atoms with E-state index in [4.69, 9.17) is 0 Å². The Morgan fingerprint density at radius 3 is 1.22 bits per heavy atom. The fourth-order valence-electron chi connectivity index (χ4n) is 4.88. The number of benzene rings is 3. The molecular formula is C30H18N4S2. The van der Waals surface area contributed by atoms with Crippen molar-refractivity contribution in [2.24, 2.45) is 0 Å². The van der Waals surface area contributed by atoms with Gasteiger partial charge in [0, 0.05) is 23.2 Å². The molecule has 3 aromatic carbocycles. The van der Waals surface area contributed by atoms with Crippen LogP contribution in [0, 0.1) is 0 Å². The molecule has 0 saturated carbocycles. The van der Waals surface area contributed by atoms with Crippen LogP contribution in [-0.2, 0) is 0 Å². The summed E-state index contributed by atoms with van der Waals surface area (Å²) >= 11 is 3.16. The zero-order valence-corrected chi connectivity index (χ0v) is 20.6. The summed E-state index contributed by atoms with van der Waals surface area (Å²) in [5, 5.41) is 8.88. The summed E-state index contributed by atoms with van der Waals surface area (Å²) in [4.78, 5) is 18.1. The van der Waals surface area contributed by atoms with Crippen molar-refractivity contribution >= 4 is 44.2 Å². The predicted octanol–water partition coefficient (Wildman–Crippen LogP) is 8.36. The predicted molar refractivity (Wildman–Crippen MR) is 150 cm³/mol. The van der Waals surface area contributed by atoms with Crippen molar-refractivity contribution in [3.63, 3.8) is 0 Å². The van der Waals surface area contributed by atoms with Gasteiger partial charge in [-0.25, -0.2) is 9.97 Å². The molecule has 0 bridgehead atoms. The maximum Gasteiger partial charge on any atom is 0.0995 e. The van der Waals surface area contributed by atoms with Crippen LogP contribution in [0.5, 0.6) is 0 Å². The number of thiazole rings is 2. The minimum Gasteiger partial charge on any atom is -0.255 e. The number of rotatable bonds is 4. The van der Waals surface area contributed by atoms with Crippen molar-refractivity contribution in [2.75, 3.05) is 0 Å². The van der Waals surface area contributed by atoms with Crippen LogP contribution in [0.25, 0.3) is 66.6 Å². The molecule has 0 fully saturated rings. The Kier molecular flexibility index (Phi) is 5.12. The molecule has 0 aliphatic rings. The topological polar surface area (TPSA) is 51.6 Å². The van der Waals surface area contributed by atoms with Gasteiger partial charge < -0.3 is 0 Å². The molecule has 36 heavy (non-hydrogen) atoms.